The molecule has 6 nitrogen and oxygen atoms in total. The fourth-order valence-electron chi connectivity index (χ4n) is 2.96. The Hall–Kier alpha value is -2.55. The predicted molar refractivity (Wildman–Crippen MR) is 85.3 cm³/mol. The second kappa shape index (κ2) is 6.64. The van der Waals surface area contributed by atoms with Crippen LogP contribution in [0.2, 0.25) is 0 Å². The van der Waals surface area contributed by atoms with Crippen LogP contribution in [0.3, 0.4) is 0 Å². The van der Waals surface area contributed by atoms with Crippen molar-refractivity contribution in [3.05, 3.63) is 48.0 Å². The van der Waals surface area contributed by atoms with E-state index < -0.39 is 29.9 Å². The molecule has 2 heterocycles. The van der Waals surface area contributed by atoms with Gasteiger partial charge in [-0.25, -0.2) is 4.98 Å². The van der Waals surface area contributed by atoms with Crippen LogP contribution in [0.15, 0.2) is 36.7 Å². The average Bonchev–Trinajstić information content (AvgIpc) is 3.17. The van der Waals surface area contributed by atoms with E-state index in [1.54, 1.807) is 6.07 Å². The van der Waals surface area contributed by atoms with Gasteiger partial charge in [0, 0.05) is 25.9 Å². The molecule has 0 saturated heterocycles. The van der Waals surface area contributed by atoms with Gasteiger partial charge >= 0.3 is 6.18 Å². The second-order valence-corrected chi connectivity index (χ2v) is 6.25. The fourth-order valence-corrected chi connectivity index (χ4v) is 2.96. The summed E-state index contributed by atoms with van der Waals surface area (Å²) in [5.41, 5.74) is -2.39. The molecule has 1 aliphatic heterocycles. The maximum Gasteiger partial charge on any atom is 0.425 e. The number of carbonyl (C=O) groups is 1. The maximum atomic E-state index is 13.4. The summed E-state index contributed by atoms with van der Waals surface area (Å²) >= 11 is 0. The summed E-state index contributed by atoms with van der Waals surface area (Å²) in [6.07, 6.45) is -3.63. The predicted octanol–water partition coefficient (Wildman–Crippen LogP) is 1.68. The van der Waals surface area contributed by atoms with Crippen LogP contribution in [0.5, 0.6) is 5.75 Å². The number of halogens is 3. The quantitative estimate of drug-likeness (QED) is 0.841. The smallest absolute Gasteiger partial charge is 0.425 e. The number of aliphatic hydroxyl groups is 1. The van der Waals surface area contributed by atoms with Crippen LogP contribution in [0.25, 0.3) is 0 Å². The highest BCUT2D eigenvalue weighted by atomic mass is 19.4. The zero-order valence-electron chi connectivity index (χ0n) is 14.0. The van der Waals surface area contributed by atoms with Gasteiger partial charge in [-0.05, 0) is 11.6 Å². The van der Waals surface area contributed by atoms with Gasteiger partial charge in [0.25, 0.3) is 0 Å². The molecule has 2 N–H and O–H groups in total. The van der Waals surface area contributed by atoms with E-state index in [2.05, 4.69) is 10.3 Å². The van der Waals surface area contributed by atoms with Crippen molar-refractivity contribution in [3.8, 4) is 5.75 Å². The standard InChI is InChI=1S/C17H18F3N3O3/c1-23-7-6-21-15(23)16(25,17(18,19)20)9-14(24)22-10-12-8-11-4-2-3-5-13(11)26-12/h2-7,12,25H,8-10H2,1H3,(H,22,24). The molecule has 2 atom stereocenters. The first-order valence-corrected chi connectivity index (χ1v) is 7.99. The molecule has 2 aromatic rings. The number of rotatable bonds is 5. The Morgan fingerprint density at radius 3 is 2.77 bits per heavy atom. The summed E-state index contributed by atoms with van der Waals surface area (Å²) in [6, 6.07) is 7.36. The number of hydrogen-bond donors (Lipinski definition) is 2. The number of benzene rings is 1. The number of carbonyl (C=O) groups excluding carboxylic acids is 1. The third-order valence-corrected chi connectivity index (χ3v) is 4.32. The van der Waals surface area contributed by atoms with Crippen molar-refractivity contribution in [3.63, 3.8) is 0 Å². The Labute approximate surface area is 147 Å². The van der Waals surface area contributed by atoms with E-state index in [0.29, 0.717) is 12.2 Å². The van der Waals surface area contributed by atoms with E-state index in [-0.39, 0.29) is 12.6 Å². The zero-order chi connectivity index (χ0) is 18.9. The van der Waals surface area contributed by atoms with Crippen LogP contribution in [-0.4, -0.2) is 39.4 Å². The number of aromatic nitrogens is 2. The van der Waals surface area contributed by atoms with E-state index in [9.17, 15) is 23.1 Å². The van der Waals surface area contributed by atoms with Crippen molar-refractivity contribution in [2.75, 3.05) is 6.54 Å². The highest BCUT2D eigenvalue weighted by molar-refractivity contribution is 5.77. The van der Waals surface area contributed by atoms with Gasteiger partial charge in [-0.2, -0.15) is 13.2 Å². The number of nitrogens with one attached hydrogen (secondary N) is 1. The van der Waals surface area contributed by atoms with E-state index in [1.807, 2.05) is 18.2 Å². The molecular formula is C17H18F3N3O3. The minimum absolute atomic E-state index is 0.0437. The molecule has 0 radical (unpaired) electrons. The molecule has 1 aromatic heterocycles. The molecule has 140 valence electrons. The van der Waals surface area contributed by atoms with Crippen molar-refractivity contribution < 1.29 is 27.8 Å². The highest BCUT2D eigenvalue weighted by Gasteiger charge is 2.58. The van der Waals surface area contributed by atoms with E-state index in [0.717, 1.165) is 16.3 Å². The van der Waals surface area contributed by atoms with Crippen LogP contribution < -0.4 is 10.1 Å². The molecule has 0 spiro atoms. The number of imidazole rings is 1. The largest absolute Gasteiger partial charge is 0.488 e. The molecule has 0 fully saturated rings. The van der Waals surface area contributed by atoms with Gasteiger partial charge in [0.1, 0.15) is 11.9 Å². The van der Waals surface area contributed by atoms with Crippen molar-refractivity contribution >= 4 is 5.91 Å². The van der Waals surface area contributed by atoms with Crippen LogP contribution in [0.4, 0.5) is 13.2 Å². The van der Waals surface area contributed by atoms with Gasteiger partial charge in [0.15, 0.2) is 5.82 Å². The Bertz CT molecular complexity index is 781. The second-order valence-electron chi connectivity index (χ2n) is 6.25. The minimum Gasteiger partial charge on any atom is -0.488 e. The van der Waals surface area contributed by atoms with Gasteiger partial charge in [0.05, 0.1) is 13.0 Å². The summed E-state index contributed by atoms with van der Waals surface area (Å²) in [5.74, 6) is -0.872. The number of fused-ring (bicyclic) bond motifs is 1. The van der Waals surface area contributed by atoms with E-state index >= 15 is 0 Å². The lowest BCUT2D eigenvalue weighted by atomic mass is 9.97. The van der Waals surface area contributed by atoms with Crippen LogP contribution >= 0.6 is 0 Å². The first-order chi connectivity index (χ1) is 12.2. The number of para-hydroxylation sites is 1. The Morgan fingerprint density at radius 2 is 2.15 bits per heavy atom. The molecule has 3 rings (SSSR count). The molecular weight excluding hydrogens is 351 g/mol. The minimum atomic E-state index is -5.05. The summed E-state index contributed by atoms with van der Waals surface area (Å²) in [7, 11) is 1.32. The van der Waals surface area contributed by atoms with E-state index in [4.69, 9.17) is 4.74 Å². The lowest BCUT2D eigenvalue weighted by molar-refractivity contribution is -0.271. The Morgan fingerprint density at radius 1 is 1.42 bits per heavy atom. The number of ether oxygens (including phenoxy) is 1. The van der Waals surface area contributed by atoms with Crippen LogP contribution in [-0.2, 0) is 23.9 Å². The van der Waals surface area contributed by atoms with Crippen LogP contribution in [0, 0.1) is 0 Å². The molecule has 0 saturated carbocycles. The summed E-state index contributed by atoms with van der Waals surface area (Å²) in [4.78, 5) is 15.6. The fraction of sp³-hybridized carbons (Fsp3) is 0.412. The Kier molecular flexibility index (Phi) is 4.66. The maximum absolute atomic E-state index is 13.4. The summed E-state index contributed by atoms with van der Waals surface area (Å²) in [6.45, 7) is 0.0437. The molecule has 1 aliphatic rings. The van der Waals surface area contributed by atoms with Crippen molar-refractivity contribution in [1.29, 1.82) is 0 Å². The molecule has 2 unspecified atom stereocenters. The highest BCUT2D eigenvalue weighted by Crippen LogP contribution is 2.40. The summed E-state index contributed by atoms with van der Waals surface area (Å²) in [5, 5.41) is 12.6. The lowest BCUT2D eigenvalue weighted by Crippen LogP contribution is -2.48. The number of alkyl halides is 3. The molecule has 26 heavy (non-hydrogen) atoms. The number of aryl methyl sites for hydroxylation is 1. The van der Waals surface area contributed by atoms with Crippen molar-refractivity contribution in [2.24, 2.45) is 7.05 Å². The summed E-state index contributed by atoms with van der Waals surface area (Å²) < 4.78 is 46.9. The SMILES string of the molecule is Cn1ccnc1C(O)(CC(=O)NCC1Cc2ccccc2O1)C(F)(F)F. The lowest BCUT2D eigenvalue weighted by Gasteiger charge is -2.29. The topological polar surface area (TPSA) is 76.4 Å². The number of amides is 1. The first kappa shape index (κ1) is 18.2. The molecule has 0 aliphatic carbocycles. The van der Waals surface area contributed by atoms with Gasteiger partial charge in [-0.15, -0.1) is 0 Å². The van der Waals surface area contributed by atoms with Crippen molar-refractivity contribution in [1.82, 2.24) is 14.9 Å². The van der Waals surface area contributed by atoms with Gasteiger partial charge in [-0.3, -0.25) is 4.79 Å². The third-order valence-electron chi connectivity index (χ3n) is 4.32. The first-order valence-electron chi connectivity index (χ1n) is 7.99. The Balaban J connectivity index is 1.64. The van der Waals surface area contributed by atoms with Gasteiger partial charge in [-0.1, -0.05) is 18.2 Å². The number of hydrogen-bond acceptors (Lipinski definition) is 4. The van der Waals surface area contributed by atoms with Gasteiger partial charge < -0.3 is 19.7 Å². The van der Waals surface area contributed by atoms with Gasteiger partial charge in [0.2, 0.25) is 11.5 Å². The zero-order valence-corrected chi connectivity index (χ0v) is 14.0. The molecule has 1 amide bonds. The molecule has 1 aromatic carbocycles. The van der Waals surface area contributed by atoms with Crippen molar-refractivity contribution in [2.45, 2.75) is 30.7 Å². The number of nitrogens with zero attached hydrogens (tertiary/aromatic N) is 2. The molecule has 0 bridgehead atoms. The normalized spacial score (nSPS) is 18.7. The monoisotopic (exact) mass is 369 g/mol. The van der Waals surface area contributed by atoms with Crippen LogP contribution in [0.1, 0.15) is 17.8 Å². The van der Waals surface area contributed by atoms with E-state index in [1.165, 1.54) is 13.2 Å². The average molecular weight is 369 g/mol. The third kappa shape index (κ3) is 3.39. The molecule has 9 heteroatoms.